The molecule has 1 fully saturated rings. The van der Waals surface area contributed by atoms with E-state index in [0.29, 0.717) is 73.2 Å². The maximum absolute atomic E-state index is 14.5. The highest BCUT2D eigenvalue weighted by Crippen LogP contribution is 2.38. The zero-order valence-electron chi connectivity index (χ0n) is 18.5. The van der Waals surface area contributed by atoms with Gasteiger partial charge in [0.15, 0.2) is 0 Å². The zero-order chi connectivity index (χ0) is 23.8. The van der Waals surface area contributed by atoms with Gasteiger partial charge in [0.2, 0.25) is 0 Å². The van der Waals surface area contributed by atoms with E-state index in [2.05, 4.69) is 15.3 Å². The summed E-state index contributed by atoms with van der Waals surface area (Å²) in [4.78, 5) is 24.1. The molecule has 1 saturated heterocycles. The number of carbonyl (C=O) groups is 1. The number of benzene rings is 2. The number of ether oxygens (including phenoxy) is 2. The van der Waals surface area contributed by atoms with Gasteiger partial charge in [-0.1, -0.05) is 18.2 Å². The van der Waals surface area contributed by atoms with E-state index in [1.54, 1.807) is 17.9 Å². The molecule has 0 atom stereocenters. The number of carbonyl (C=O) groups excluding carboxylic acids is 1. The summed E-state index contributed by atoms with van der Waals surface area (Å²) in [6.45, 7) is 4.04. The molecule has 0 unspecified atom stereocenters. The summed E-state index contributed by atoms with van der Waals surface area (Å²) in [5, 5.41) is 3.66. The predicted octanol–water partition coefficient (Wildman–Crippen LogP) is 4.03. The Bertz CT molecular complexity index is 1260. The Hall–Kier alpha value is -3.40. The molecule has 178 valence electrons. The van der Waals surface area contributed by atoms with Crippen LogP contribution >= 0.6 is 0 Å². The number of aryl methyl sites for hydroxylation is 1. The van der Waals surface area contributed by atoms with E-state index < -0.39 is 17.8 Å². The van der Waals surface area contributed by atoms with E-state index >= 15 is 0 Å². The number of anilines is 1. The maximum atomic E-state index is 14.5. The van der Waals surface area contributed by atoms with E-state index in [4.69, 9.17) is 9.47 Å². The summed E-state index contributed by atoms with van der Waals surface area (Å²) in [7, 11) is 0. The van der Waals surface area contributed by atoms with Gasteiger partial charge in [-0.05, 0) is 13.0 Å². The molecule has 0 radical (unpaired) electrons. The number of aromatic nitrogens is 2. The van der Waals surface area contributed by atoms with Crippen molar-refractivity contribution < 1.29 is 27.4 Å². The van der Waals surface area contributed by atoms with Gasteiger partial charge in [0.25, 0.3) is 12.3 Å². The van der Waals surface area contributed by atoms with Crippen molar-refractivity contribution in [2.45, 2.75) is 26.3 Å². The Morgan fingerprint density at radius 1 is 1.21 bits per heavy atom. The number of nitrogens with one attached hydrogen (secondary N) is 1. The number of fused-ring (bicyclic) bond motifs is 3. The van der Waals surface area contributed by atoms with Gasteiger partial charge >= 0.3 is 0 Å². The Morgan fingerprint density at radius 3 is 2.76 bits per heavy atom. The SMILES string of the molecule is Cc1nc(NCc2cccc(C(F)F)c2F)c2cc(C(=O)N3CCOCC3)c3c(c2n1)CCO3. The molecule has 1 amide bonds. The van der Waals surface area contributed by atoms with Crippen molar-refractivity contribution in [3.8, 4) is 5.75 Å². The smallest absolute Gasteiger partial charge is 0.266 e. The molecule has 7 nitrogen and oxygen atoms in total. The molecule has 0 bridgehead atoms. The molecule has 0 saturated carbocycles. The standard InChI is InChI=1S/C24H23F3N4O3/c1-13-29-20-16-5-8-34-21(16)18(24(32)31-6-9-33-10-7-31)11-17(20)23(30-13)28-12-14-3-2-4-15(19(14)25)22(26)27/h2-4,11,22H,5-10,12H2,1H3,(H,28,29,30). The maximum Gasteiger partial charge on any atom is 0.266 e. The quantitative estimate of drug-likeness (QED) is 0.604. The molecule has 3 aromatic rings. The van der Waals surface area contributed by atoms with Gasteiger partial charge in [0.1, 0.15) is 23.2 Å². The Labute approximate surface area is 193 Å². The van der Waals surface area contributed by atoms with E-state index in [-0.39, 0.29) is 18.0 Å². The Balaban J connectivity index is 1.55. The molecule has 0 aliphatic carbocycles. The highest BCUT2D eigenvalue weighted by atomic mass is 19.3. The third-order valence-corrected chi connectivity index (χ3v) is 6.07. The topological polar surface area (TPSA) is 76.6 Å². The lowest BCUT2D eigenvalue weighted by atomic mass is 10.0. The van der Waals surface area contributed by atoms with Gasteiger partial charge in [0, 0.05) is 42.6 Å². The molecule has 3 heterocycles. The number of hydrogen-bond donors (Lipinski definition) is 1. The fraction of sp³-hybridized carbons (Fsp3) is 0.375. The molecule has 0 spiro atoms. The number of amides is 1. The van der Waals surface area contributed by atoms with Crippen LogP contribution in [0.2, 0.25) is 0 Å². The third-order valence-electron chi connectivity index (χ3n) is 6.07. The van der Waals surface area contributed by atoms with Crippen molar-refractivity contribution in [3.63, 3.8) is 0 Å². The number of alkyl halides is 2. The van der Waals surface area contributed by atoms with Crippen molar-refractivity contribution in [1.29, 1.82) is 0 Å². The van der Waals surface area contributed by atoms with Crippen molar-refractivity contribution in [2.75, 3.05) is 38.2 Å². The number of halogens is 3. The average Bonchev–Trinajstić information content (AvgIpc) is 3.33. The molecule has 2 aromatic carbocycles. The summed E-state index contributed by atoms with van der Waals surface area (Å²) in [6.07, 6.45) is -2.31. The summed E-state index contributed by atoms with van der Waals surface area (Å²) in [5.74, 6) is 0.306. The van der Waals surface area contributed by atoms with Crippen LogP contribution in [0.1, 0.15) is 39.3 Å². The van der Waals surface area contributed by atoms with E-state index in [9.17, 15) is 18.0 Å². The molecule has 10 heteroatoms. The molecule has 2 aliphatic heterocycles. The van der Waals surface area contributed by atoms with Gasteiger partial charge in [-0.2, -0.15) is 0 Å². The monoisotopic (exact) mass is 472 g/mol. The largest absolute Gasteiger partial charge is 0.492 e. The first-order valence-electron chi connectivity index (χ1n) is 11.1. The van der Waals surface area contributed by atoms with Gasteiger partial charge in [-0.15, -0.1) is 0 Å². The van der Waals surface area contributed by atoms with Crippen LogP contribution in [0, 0.1) is 12.7 Å². The van der Waals surface area contributed by atoms with Crippen LogP contribution in [0.3, 0.4) is 0 Å². The highest BCUT2D eigenvalue weighted by Gasteiger charge is 2.29. The van der Waals surface area contributed by atoms with Crippen LogP contribution in [0.25, 0.3) is 10.9 Å². The minimum Gasteiger partial charge on any atom is -0.492 e. The second kappa shape index (κ2) is 9.09. The second-order valence-corrected chi connectivity index (χ2v) is 8.23. The lowest BCUT2D eigenvalue weighted by molar-refractivity contribution is 0.0301. The van der Waals surface area contributed by atoms with Crippen molar-refractivity contribution in [3.05, 3.63) is 58.2 Å². The van der Waals surface area contributed by atoms with E-state index in [1.807, 2.05) is 0 Å². The van der Waals surface area contributed by atoms with Crippen molar-refractivity contribution in [1.82, 2.24) is 14.9 Å². The molecular weight excluding hydrogens is 449 g/mol. The first-order valence-corrected chi connectivity index (χ1v) is 11.1. The fourth-order valence-corrected chi connectivity index (χ4v) is 4.39. The number of morpholine rings is 1. The Morgan fingerprint density at radius 2 is 2.00 bits per heavy atom. The van der Waals surface area contributed by atoms with Crippen LogP contribution in [-0.4, -0.2) is 53.7 Å². The molecule has 1 N–H and O–H groups in total. The van der Waals surface area contributed by atoms with E-state index in [1.165, 1.54) is 12.1 Å². The number of rotatable bonds is 5. The molecule has 1 aromatic heterocycles. The average molecular weight is 472 g/mol. The van der Waals surface area contributed by atoms with Crippen LogP contribution in [0.15, 0.2) is 24.3 Å². The first kappa shape index (κ1) is 22.4. The van der Waals surface area contributed by atoms with Crippen LogP contribution in [0.4, 0.5) is 19.0 Å². The molecule has 34 heavy (non-hydrogen) atoms. The normalized spacial score (nSPS) is 15.5. The minimum atomic E-state index is -2.90. The van der Waals surface area contributed by atoms with Crippen molar-refractivity contribution >= 4 is 22.6 Å². The van der Waals surface area contributed by atoms with E-state index in [0.717, 1.165) is 11.6 Å². The lowest BCUT2D eigenvalue weighted by Crippen LogP contribution is -2.40. The minimum absolute atomic E-state index is 0.0573. The molecule has 2 aliphatic rings. The van der Waals surface area contributed by atoms with Gasteiger partial charge in [-0.3, -0.25) is 4.79 Å². The fourth-order valence-electron chi connectivity index (χ4n) is 4.39. The summed E-state index contributed by atoms with van der Waals surface area (Å²) in [6, 6.07) is 5.61. The summed E-state index contributed by atoms with van der Waals surface area (Å²) in [5.41, 5.74) is 1.35. The van der Waals surface area contributed by atoms with Gasteiger partial charge in [0.05, 0.1) is 36.5 Å². The number of nitrogens with zero attached hydrogens (tertiary/aromatic N) is 3. The van der Waals surface area contributed by atoms with Crippen LogP contribution in [0.5, 0.6) is 5.75 Å². The molecule has 5 rings (SSSR count). The lowest BCUT2D eigenvalue weighted by Gasteiger charge is -2.27. The first-order chi connectivity index (χ1) is 16.4. The Kier molecular flexibility index (Phi) is 5.99. The summed E-state index contributed by atoms with van der Waals surface area (Å²) >= 11 is 0. The van der Waals surface area contributed by atoms with Gasteiger partial charge < -0.3 is 19.7 Å². The molecular formula is C24H23F3N4O3. The van der Waals surface area contributed by atoms with Crippen molar-refractivity contribution in [2.24, 2.45) is 0 Å². The number of hydrogen-bond acceptors (Lipinski definition) is 6. The zero-order valence-corrected chi connectivity index (χ0v) is 18.5. The van der Waals surface area contributed by atoms with Crippen LogP contribution < -0.4 is 10.1 Å². The predicted molar refractivity (Wildman–Crippen MR) is 119 cm³/mol. The van der Waals surface area contributed by atoms with Gasteiger partial charge in [-0.25, -0.2) is 23.1 Å². The second-order valence-electron chi connectivity index (χ2n) is 8.23. The van der Waals surface area contributed by atoms with Crippen LogP contribution in [-0.2, 0) is 17.7 Å². The summed E-state index contributed by atoms with van der Waals surface area (Å²) < 4.78 is 51.9. The third kappa shape index (κ3) is 4.02. The highest BCUT2D eigenvalue weighted by molar-refractivity contribution is 6.05.